The number of carboxylic acid groups (broad SMARTS) is 1. The van der Waals surface area contributed by atoms with Crippen LogP contribution in [0.4, 0.5) is 0 Å². The number of carbonyl (C=O) groups is 1. The molecule has 0 amide bonds. The molecule has 0 radical (unpaired) electrons. The molecular weight excluding hydrogens is 268 g/mol. The molecule has 0 unspecified atom stereocenters. The predicted molar refractivity (Wildman–Crippen MR) is 78.7 cm³/mol. The highest BCUT2D eigenvalue weighted by molar-refractivity contribution is 5.66. The summed E-state index contributed by atoms with van der Waals surface area (Å²) in [6, 6.07) is 2.03. The molecule has 0 aliphatic rings. The van der Waals surface area contributed by atoms with Gasteiger partial charge in [-0.25, -0.2) is 0 Å². The number of nitrogens with zero attached hydrogens (tertiary/aromatic N) is 4. The van der Waals surface area contributed by atoms with E-state index in [1.807, 2.05) is 30.1 Å². The van der Waals surface area contributed by atoms with Crippen LogP contribution in [0.5, 0.6) is 0 Å². The smallest absolute Gasteiger partial charge is 0.303 e. The first-order valence-electron chi connectivity index (χ1n) is 7.19. The summed E-state index contributed by atoms with van der Waals surface area (Å²) in [5.74, 6) is -0.720. The summed E-state index contributed by atoms with van der Waals surface area (Å²) in [5, 5.41) is 16.8. The fourth-order valence-corrected chi connectivity index (χ4v) is 2.14. The maximum absolute atomic E-state index is 10.4. The zero-order valence-corrected chi connectivity index (χ0v) is 12.2. The minimum absolute atomic E-state index is 0.258. The summed E-state index contributed by atoms with van der Waals surface area (Å²) in [5.41, 5.74) is 2.90. The van der Waals surface area contributed by atoms with Gasteiger partial charge in [0, 0.05) is 30.9 Å². The van der Waals surface area contributed by atoms with Crippen molar-refractivity contribution in [3.8, 4) is 11.3 Å². The molecule has 2 aromatic heterocycles. The third-order valence-electron chi connectivity index (χ3n) is 3.24. The molecule has 0 aliphatic heterocycles. The third-order valence-corrected chi connectivity index (χ3v) is 3.24. The second-order valence-electron chi connectivity index (χ2n) is 5.18. The normalized spacial score (nSPS) is 10.7. The Morgan fingerprint density at radius 3 is 2.81 bits per heavy atom. The summed E-state index contributed by atoms with van der Waals surface area (Å²) in [6.45, 7) is 2.80. The van der Waals surface area contributed by atoms with Gasteiger partial charge >= 0.3 is 5.97 Å². The maximum Gasteiger partial charge on any atom is 0.303 e. The van der Waals surface area contributed by atoms with E-state index in [-0.39, 0.29) is 6.42 Å². The van der Waals surface area contributed by atoms with E-state index >= 15 is 0 Å². The fraction of sp³-hybridized carbons (Fsp3) is 0.467. The van der Waals surface area contributed by atoms with Crippen molar-refractivity contribution < 1.29 is 9.90 Å². The van der Waals surface area contributed by atoms with Crippen LogP contribution >= 0.6 is 0 Å². The topological polar surface area (TPSA) is 80.9 Å². The lowest BCUT2D eigenvalue weighted by Gasteiger charge is -2.00. The van der Waals surface area contributed by atoms with E-state index in [0.717, 1.165) is 49.0 Å². The molecule has 0 spiro atoms. The van der Waals surface area contributed by atoms with Gasteiger partial charge < -0.3 is 5.11 Å². The van der Waals surface area contributed by atoms with Crippen molar-refractivity contribution in [2.45, 2.75) is 45.6 Å². The van der Waals surface area contributed by atoms with Gasteiger partial charge in [-0.1, -0.05) is 18.1 Å². The Morgan fingerprint density at radius 2 is 2.05 bits per heavy atom. The van der Waals surface area contributed by atoms with E-state index in [2.05, 4.69) is 15.3 Å². The van der Waals surface area contributed by atoms with Crippen LogP contribution < -0.4 is 0 Å². The lowest BCUT2D eigenvalue weighted by Crippen LogP contribution is -1.99. The number of rotatable bonds is 8. The van der Waals surface area contributed by atoms with Gasteiger partial charge in [0.25, 0.3) is 0 Å². The van der Waals surface area contributed by atoms with E-state index in [1.54, 1.807) is 6.20 Å². The van der Waals surface area contributed by atoms with E-state index in [9.17, 15) is 4.79 Å². The minimum Gasteiger partial charge on any atom is -0.481 e. The Morgan fingerprint density at radius 1 is 1.24 bits per heavy atom. The fourth-order valence-electron chi connectivity index (χ4n) is 2.14. The van der Waals surface area contributed by atoms with E-state index in [0.29, 0.717) is 0 Å². The van der Waals surface area contributed by atoms with Crippen LogP contribution in [0.15, 0.2) is 24.7 Å². The van der Waals surface area contributed by atoms with Crippen LogP contribution in [0.25, 0.3) is 11.3 Å². The monoisotopic (exact) mass is 288 g/mol. The Labute approximate surface area is 123 Å². The second-order valence-corrected chi connectivity index (χ2v) is 5.18. The number of hydrogen-bond donors (Lipinski definition) is 1. The summed E-state index contributed by atoms with van der Waals surface area (Å²) in [7, 11) is 0. The minimum atomic E-state index is -0.720. The Bertz CT molecular complexity index is 595. The number of hydrogen-bond acceptors (Lipinski definition) is 4. The van der Waals surface area contributed by atoms with Crippen LogP contribution in [0.3, 0.4) is 0 Å². The first-order chi connectivity index (χ1) is 10.1. The Hall–Kier alpha value is -2.24. The van der Waals surface area contributed by atoms with E-state index in [1.165, 1.54) is 0 Å². The van der Waals surface area contributed by atoms with Crippen LogP contribution in [-0.4, -0.2) is 31.1 Å². The number of aromatic nitrogens is 4. The molecule has 0 aliphatic carbocycles. The van der Waals surface area contributed by atoms with Crippen LogP contribution in [0.2, 0.25) is 0 Å². The highest BCUT2D eigenvalue weighted by Crippen LogP contribution is 2.16. The molecule has 0 bridgehead atoms. The molecule has 21 heavy (non-hydrogen) atoms. The second kappa shape index (κ2) is 7.52. The van der Waals surface area contributed by atoms with Crippen molar-refractivity contribution >= 4 is 5.97 Å². The summed E-state index contributed by atoms with van der Waals surface area (Å²) in [6.07, 6.45) is 9.45. The van der Waals surface area contributed by atoms with Crippen LogP contribution in [0.1, 0.15) is 37.7 Å². The first kappa shape index (κ1) is 15.2. The zero-order chi connectivity index (χ0) is 15.1. The SMILES string of the molecule is Cc1cncc(-c2cn(CCCCCCC(=O)O)nn2)c1. The number of carboxylic acids is 1. The molecule has 6 nitrogen and oxygen atoms in total. The molecule has 112 valence electrons. The van der Waals surface area contributed by atoms with Crippen molar-refractivity contribution in [1.29, 1.82) is 0 Å². The van der Waals surface area contributed by atoms with Gasteiger partial charge in [-0.2, -0.15) is 0 Å². The number of aryl methyl sites for hydroxylation is 2. The predicted octanol–water partition coefficient (Wildman–Crippen LogP) is 2.68. The summed E-state index contributed by atoms with van der Waals surface area (Å²) >= 11 is 0. The molecule has 0 fully saturated rings. The Kier molecular flexibility index (Phi) is 5.43. The number of aliphatic carboxylic acids is 1. The van der Waals surface area contributed by atoms with Gasteiger partial charge in [-0.15, -0.1) is 5.10 Å². The average Bonchev–Trinajstić information content (AvgIpc) is 2.91. The van der Waals surface area contributed by atoms with Crippen LogP contribution in [-0.2, 0) is 11.3 Å². The molecule has 2 aromatic rings. The van der Waals surface area contributed by atoms with Gasteiger partial charge in [0.05, 0.1) is 6.20 Å². The molecule has 2 heterocycles. The van der Waals surface area contributed by atoms with Gasteiger partial charge in [-0.05, 0) is 31.4 Å². The van der Waals surface area contributed by atoms with Crippen molar-refractivity contribution in [3.63, 3.8) is 0 Å². The summed E-state index contributed by atoms with van der Waals surface area (Å²) in [4.78, 5) is 14.5. The van der Waals surface area contributed by atoms with Gasteiger partial charge in [-0.3, -0.25) is 14.5 Å². The van der Waals surface area contributed by atoms with Crippen molar-refractivity contribution in [3.05, 3.63) is 30.2 Å². The van der Waals surface area contributed by atoms with Crippen molar-refractivity contribution in [1.82, 2.24) is 20.0 Å². The molecule has 0 aromatic carbocycles. The van der Waals surface area contributed by atoms with E-state index < -0.39 is 5.97 Å². The average molecular weight is 288 g/mol. The molecule has 2 rings (SSSR count). The molecule has 1 N–H and O–H groups in total. The van der Waals surface area contributed by atoms with Gasteiger partial charge in [0.1, 0.15) is 5.69 Å². The van der Waals surface area contributed by atoms with Crippen LogP contribution in [0, 0.1) is 6.92 Å². The van der Waals surface area contributed by atoms with Gasteiger partial charge in [0.2, 0.25) is 0 Å². The quantitative estimate of drug-likeness (QED) is 0.755. The van der Waals surface area contributed by atoms with E-state index in [4.69, 9.17) is 5.11 Å². The molecule has 0 atom stereocenters. The lowest BCUT2D eigenvalue weighted by atomic mass is 10.1. The Balaban J connectivity index is 1.77. The number of unbranched alkanes of at least 4 members (excludes halogenated alkanes) is 3. The highest BCUT2D eigenvalue weighted by Gasteiger charge is 2.04. The molecular formula is C15H20N4O2. The molecule has 6 heteroatoms. The summed E-state index contributed by atoms with van der Waals surface area (Å²) < 4.78 is 1.83. The van der Waals surface area contributed by atoms with Crippen molar-refractivity contribution in [2.24, 2.45) is 0 Å². The maximum atomic E-state index is 10.4. The first-order valence-corrected chi connectivity index (χ1v) is 7.19. The standard InChI is InChI=1S/C15H20N4O2/c1-12-8-13(10-16-9-12)14-11-19(18-17-14)7-5-3-2-4-6-15(20)21/h8-11H,2-7H2,1H3,(H,20,21). The third kappa shape index (κ3) is 4.98. The van der Waals surface area contributed by atoms with Crippen molar-refractivity contribution in [2.75, 3.05) is 0 Å². The lowest BCUT2D eigenvalue weighted by molar-refractivity contribution is -0.137. The van der Waals surface area contributed by atoms with Gasteiger partial charge in [0.15, 0.2) is 0 Å². The molecule has 0 saturated heterocycles. The molecule has 0 saturated carbocycles. The number of pyridine rings is 1. The largest absolute Gasteiger partial charge is 0.481 e. The zero-order valence-electron chi connectivity index (χ0n) is 12.2. The highest BCUT2D eigenvalue weighted by atomic mass is 16.4.